The Morgan fingerprint density at radius 2 is 1.90 bits per heavy atom. The molecule has 29 heavy (non-hydrogen) atoms. The number of carbonyl (C=O) groups is 2. The van der Waals surface area contributed by atoms with Crippen molar-refractivity contribution in [2.45, 2.75) is 13.0 Å². The third kappa shape index (κ3) is 4.10. The first-order chi connectivity index (χ1) is 14.0. The normalized spacial score (nSPS) is 16.3. The highest BCUT2D eigenvalue weighted by Gasteiger charge is 2.37. The first-order valence-electron chi connectivity index (χ1n) is 9.42. The fraction of sp³-hybridized carbons (Fsp3) is 0.227. The lowest BCUT2D eigenvalue weighted by atomic mass is 10.1. The molecule has 1 fully saturated rings. The molecular formula is C22H21BrN4O2. The van der Waals surface area contributed by atoms with Gasteiger partial charge in [0.1, 0.15) is 0 Å². The van der Waals surface area contributed by atoms with Crippen molar-refractivity contribution in [1.29, 1.82) is 0 Å². The number of aromatic nitrogens is 2. The number of nitrogens with zero attached hydrogens (tertiary/aromatic N) is 4. The molecule has 0 aliphatic carbocycles. The fourth-order valence-corrected chi connectivity index (χ4v) is 4.10. The average Bonchev–Trinajstić information content (AvgIpc) is 3.35. The second-order valence-corrected chi connectivity index (χ2v) is 8.03. The van der Waals surface area contributed by atoms with Crippen molar-refractivity contribution in [2.75, 3.05) is 18.5 Å². The van der Waals surface area contributed by atoms with Gasteiger partial charge in [0.15, 0.2) is 0 Å². The van der Waals surface area contributed by atoms with Crippen molar-refractivity contribution in [3.63, 3.8) is 0 Å². The third-order valence-electron chi connectivity index (χ3n) is 5.07. The molecule has 3 aromatic rings. The smallest absolute Gasteiger partial charge is 0.228 e. The zero-order chi connectivity index (χ0) is 20.4. The zero-order valence-corrected chi connectivity index (χ0v) is 17.6. The van der Waals surface area contributed by atoms with Crippen LogP contribution in [0, 0.1) is 5.92 Å². The highest BCUT2D eigenvalue weighted by Crippen LogP contribution is 2.31. The van der Waals surface area contributed by atoms with Gasteiger partial charge in [-0.1, -0.05) is 30.3 Å². The Kier molecular flexibility index (Phi) is 5.49. The monoisotopic (exact) mass is 452 g/mol. The topological polar surface area (TPSA) is 58.4 Å². The van der Waals surface area contributed by atoms with E-state index in [2.05, 4.69) is 21.0 Å². The minimum atomic E-state index is -0.344. The van der Waals surface area contributed by atoms with Gasteiger partial charge in [0.05, 0.1) is 23.5 Å². The largest absolute Gasteiger partial charge is 0.341 e. The standard InChI is InChI=1S/C22H21BrN4O2/c1-25(13-16-12-24-27(14-16)18-7-3-2-4-8-18)22(29)17-11-21(28)26(15-17)20-10-6-5-9-19(20)23/h2-10,12,14,17H,11,13,15H2,1H3. The molecule has 1 saturated heterocycles. The van der Waals surface area contributed by atoms with Gasteiger partial charge in [0.25, 0.3) is 0 Å². The minimum Gasteiger partial charge on any atom is -0.341 e. The van der Waals surface area contributed by atoms with Crippen LogP contribution in [0.3, 0.4) is 0 Å². The fourth-order valence-electron chi connectivity index (χ4n) is 3.60. The summed E-state index contributed by atoms with van der Waals surface area (Å²) in [7, 11) is 1.77. The summed E-state index contributed by atoms with van der Waals surface area (Å²) in [6.07, 6.45) is 3.92. The van der Waals surface area contributed by atoms with E-state index in [0.29, 0.717) is 13.1 Å². The van der Waals surface area contributed by atoms with E-state index in [1.807, 2.05) is 60.8 Å². The molecule has 7 heteroatoms. The summed E-state index contributed by atoms with van der Waals surface area (Å²) in [5, 5.41) is 4.38. The molecule has 0 N–H and O–H groups in total. The van der Waals surface area contributed by atoms with E-state index in [4.69, 9.17) is 0 Å². The number of amides is 2. The highest BCUT2D eigenvalue weighted by molar-refractivity contribution is 9.10. The van der Waals surface area contributed by atoms with Gasteiger partial charge in [-0.25, -0.2) is 4.68 Å². The number of hydrogen-bond donors (Lipinski definition) is 0. The van der Waals surface area contributed by atoms with Crippen molar-refractivity contribution < 1.29 is 9.59 Å². The van der Waals surface area contributed by atoms with Crippen molar-refractivity contribution in [3.05, 3.63) is 77.0 Å². The van der Waals surface area contributed by atoms with E-state index in [1.165, 1.54) is 0 Å². The maximum absolute atomic E-state index is 12.9. The Hall–Kier alpha value is -2.93. The summed E-state index contributed by atoms with van der Waals surface area (Å²) in [6.45, 7) is 0.847. The van der Waals surface area contributed by atoms with Crippen LogP contribution in [0.5, 0.6) is 0 Å². The van der Waals surface area contributed by atoms with E-state index < -0.39 is 0 Å². The van der Waals surface area contributed by atoms with Crippen LogP contribution < -0.4 is 4.90 Å². The predicted molar refractivity (Wildman–Crippen MR) is 115 cm³/mol. The van der Waals surface area contributed by atoms with Crippen LogP contribution in [-0.2, 0) is 16.1 Å². The molecule has 1 unspecified atom stereocenters. The summed E-state index contributed by atoms with van der Waals surface area (Å²) < 4.78 is 2.64. The minimum absolute atomic E-state index is 0.0273. The second kappa shape index (κ2) is 8.21. The van der Waals surface area contributed by atoms with Gasteiger partial charge in [0.2, 0.25) is 11.8 Å². The first-order valence-corrected chi connectivity index (χ1v) is 10.2. The molecule has 2 aromatic carbocycles. The maximum Gasteiger partial charge on any atom is 0.228 e. The van der Waals surface area contributed by atoms with Gasteiger partial charge in [-0.05, 0) is 40.2 Å². The Labute approximate surface area is 177 Å². The average molecular weight is 453 g/mol. The molecule has 1 aliphatic rings. The van der Waals surface area contributed by atoms with E-state index in [-0.39, 0.29) is 24.2 Å². The van der Waals surface area contributed by atoms with Crippen molar-refractivity contribution in [2.24, 2.45) is 5.92 Å². The Morgan fingerprint density at radius 3 is 2.66 bits per heavy atom. The number of halogens is 1. The van der Waals surface area contributed by atoms with Gasteiger partial charge in [0, 0.05) is 42.8 Å². The summed E-state index contributed by atoms with van der Waals surface area (Å²) in [5.41, 5.74) is 2.72. The van der Waals surface area contributed by atoms with Crippen LogP contribution in [0.15, 0.2) is 71.5 Å². The Bertz CT molecular complexity index is 1030. The molecule has 4 rings (SSSR count). The number of rotatable bonds is 5. The van der Waals surface area contributed by atoms with Gasteiger partial charge < -0.3 is 9.80 Å². The van der Waals surface area contributed by atoms with E-state index in [1.54, 1.807) is 27.7 Å². The van der Waals surface area contributed by atoms with Gasteiger partial charge >= 0.3 is 0 Å². The van der Waals surface area contributed by atoms with Crippen LogP contribution in [0.2, 0.25) is 0 Å². The lowest BCUT2D eigenvalue weighted by Gasteiger charge is -2.21. The quantitative estimate of drug-likeness (QED) is 0.593. The molecule has 1 aliphatic heterocycles. The van der Waals surface area contributed by atoms with Gasteiger partial charge in [-0.15, -0.1) is 0 Å². The Morgan fingerprint density at radius 1 is 1.17 bits per heavy atom. The lowest BCUT2D eigenvalue weighted by molar-refractivity contribution is -0.135. The summed E-state index contributed by atoms with van der Waals surface area (Å²) in [6, 6.07) is 17.4. The van der Waals surface area contributed by atoms with E-state index >= 15 is 0 Å². The predicted octanol–water partition coefficient (Wildman–Crippen LogP) is 3.65. The summed E-state index contributed by atoms with van der Waals surface area (Å²) in [4.78, 5) is 28.8. The molecular weight excluding hydrogens is 432 g/mol. The zero-order valence-electron chi connectivity index (χ0n) is 16.0. The van der Waals surface area contributed by atoms with Crippen LogP contribution >= 0.6 is 15.9 Å². The van der Waals surface area contributed by atoms with Crippen LogP contribution in [0.1, 0.15) is 12.0 Å². The summed E-state index contributed by atoms with van der Waals surface area (Å²) >= 11 is 3.49. The molecule has 0 radical (unpaired) electrons. The number of carbonyl (C=O) groups excluding carboxylic acids is 2. The molecule has 0 spiro atoms. The Balaban J connectivity index is 1.42. The van der Waals surface area contributed by atoms with E-state index in [0.717, 1.165) is 21.4 Å². The van der Waals surface area contributed by atoms with Crippen molar-refractivity contribution in [3.8, 4) is 5.69 Å². The van der Waals surface area contributed by atoms with Gasteiger partial charge in [-0.2, -0.15) is 5.10 Å². The van der Waals surface area contributed by atoms with Crippen molar-refractivity contribution in [1.82, 2.24) is 14.7 Å². The third-order valence-corrected chi connectivity index (χ3v) is 5.74. The molecule has 1 aromatic heterocycles. The molecule has 2 amide bonds. The molecule has 0 saturated carbocycles. The highest BCUT2D eigenvalue weighted by atomic mass is 79.9. The van der Waals surface area contributed by atoms with Crippen LogP contribution in [0.4, 0.5) is 5.69 Å². The second-order valence-electron chi connectivity index (χ2n) is 7.18. The molecule has 6 nitrogen and oxygen atoms in total. The number of benzene rings is 2. The van der Waals surface area contributed by atoms with Gasteiger partial charge in [-0.3, -0.25) is 9.59 Å². The molecule has 2 heterocycles. The van der Waals surface area contributed by atoms with Crippen LogP contribution in [0.25, 0.3) is 5.69 Å². The lowest BCUT2D eigenvalue weighted by Crippen LogP contribution is -2.34. The number of hydrogen-bond acceptors (Lipinski definition) is 3. The van der Waals surface area contributed by atoms with Crippen LogP contribution in [-0.4, -0.2) is 40.1 Å². The number of anilines is 1. The van der Waals surface area contributed by atoms with Crippen molar-refractivity contribution >= 4 is 33.4 Å². The maximum atomic E-state index is 12.9. The SMILES string of the molecule is CN(Cc1cnn(-c2ccccc2)c1)C(=O)C1CC(=O)N(c2ccccc2Br)C1. The van der Waals surface area contributed by atoms with E-state index in [9.17, 15) is 9.59 Å². The molecule has 0 bridgehead atoms. The molecule has 1 atom stereocenters. The summed E-state index contributed by atoms with van der Waals surface area (Å²) in [5.74, 6) is -0.398. The first kappa shape index (κ1) is 19.4. The molecule has 148 valence electrons. The number of para-hydroxylation sites is 2.